The van der Waals surface area contributed by atoms with E-state index in [9.17, 15) is 9.59 Å². The van der Waals surface area contributed by atoms with Gasteiger partial charge >= 0.3 is 0 Å². The minimum Gasteiger partial charge on any atom is -0.303 e. The smallest absolute Gasteiger partial charge is 0.238 e. The minimum absolute atomic E-state index is 0.121. The van der Waals surface area contributed by atoms with Gasteiger partial charge in [0.2, 0.25) is 5.91 Å². The molecule has 0 spiro atoms. The van der Waals surface area contributed by atoms with Crippen molar-refractivity contribution in [2.75, 3.05) is 4.90 Å². The molecule has 2 rings (SSSR count). The van der Waals surface area contributed by atoms with Gasteiger partial charge in [-0.1, -0.05) is 36.4 Å². The van der Waals surface area contributed by atoms with E-state index in [1.807, 2.05) is 60.7 Å². The van der Waals surface area contributed by atoms with Crippen LogP contribution in [-0.4, -0.2) is 12.2 Å². The van der Waals surface area contributed by atoms with Crippen LogP contribution in [0.25, 0.3) is 0 Å². The Kier molecular flexibility index (Phi) is 3.86. The second-order valence-electron chi connectivity index (χ2n) is 3.77. The van der Waals surface area contributed by atoms with E-state index < -0.39 is 0 Å². The number of carbonyl (C=O) groups is 2. The van der Waals surface area contributed by atoms with E-state index in [0.717, 1.165) is 11.4 Å². The zero-order valence-electron chi connectivity index (χ0n) is 9.82. The van der Waals surface area contributed by atoms with E-state index >= 15 is 0 Å². The quantitative estimate of drug-likeness (QED) is 0.607. The van der Waals surface area contributed by atoms with Gasteiger partial charge in [-0.15, -0.1) is 0 Å². The van der Waals surface area contributed by atoms with Gasteiger partial charge in [0.15, 0.2) is 0 Å². The number of benzene rings is 2. The Balaban J connectivity index is 2.41. The number of rotatable bonds is 4. The summed E-state index contributed by atoms with van der Waals surface area (Å²) < 4.78 is 0. The normalized spacial score (nSPS) is 9.78. The predicted molar refractivity (Wildman–Crippen MR) is 70.7 cm³/mol. The molecule has 0 bridgehead atoms. The topological polar surface area (TPSA) is 37.4 Å². The van der Waals surface area contributed by atoms with Crippen LogP contribution in [0.5, 0.6) is 0 Å². The van der Waals surface area contributed by atoms with Crippen molar-refractivity contribution in [1.82, 2.24) is 0 Å². The SMILES string of the molecule is O=CCC(=O)N(c1ccccc1)c1ccccc1. The predicted octanol–water partition coefficient (Wildman–Crippen LogP) is 2.94. The van der Waals surface area contributed by atoms with E-state index in [4.69, 9.17) is 0 Å². The number of hydrogen-bond acceptors (Lipinski definition) is 2. The van der Waals surface area contributed by atoms with Gasteiger partial charge in [0, 0.05) is 11.4 Å². The molecule has 0 saturated heterocycles. The molecule has 3 heteroatoms. The van der Waals surface area contributed by atoms with Crippen LogP contribution in [0, 0.1) is 0 Å². The van der Waals surface area contributed by atoms with E-state index in [1.54, 1.807) is 4.90 Å². The van der Waals surface area contributed by atoms with Gasteiger partial charge < -0.3 is 4.79 Å². The van der Waals surface area contributed by atoms with E-state index in [0.29, 0.717) is 6.29 Å². The van der Waals surface area contributed by atoms with Crippen molar-refractivity contribution in [3.8, 4) is 0 Å². The average Bonchev–Trinajstić information content (AvgIpc) is 2.42. The number of hydrogen-bond donors (Lipinski definition) is 0. The monoisotopic (exact) mass is 239 g/mol. The maximum Gasteiger partial charge on any atom is 0.238 e. The van der Waals surface area contributed by atoms with Gasteiger partial charge in [-0.25, -0.2) is 0 Å². The molecule has 90 valence electrons. The third-order valence-corrected chi connectivity index (χ3v) is 2.54. The van der Waals surface area contributed by atoms with Crippen molar-refractivity contribution in [3.05, 3.63) is 60.7 Å². The molecule has 0 aliphatic heterocycles. The minimum atomic E-state index is -0.234. The maximum absolute atomic E-state index is 12.0. The molecule has 0 aliphatic carbocycles. The summed E-state index contributed by atoms with van der Waals surface area (Å²) in [5.41, 5.74) is 1.52. The zero-order chi connectivity index (χ0) is 12.8. The molecule has 2 aromatic rings. The highest BCUT2D eigenvalue weighted by Crippen LogP contribution is 2.25. The summed E-state index contributed by atoms with van der Waals surface area (Å²) in [6.07, 6.45) is 0.505. The number of aldehydes is 1. The zero-order valence-corrected chi connectivity index (χ0v) is 9.82. The fourth-order valence-electron chi connectivity index (χ4n) is 1.75. The summed E-state index contributed by atoms with van der Waals surface area (Å²) >= 11 is 0. The molecule has 0 atom stereocenters. The lowest BCUT2D eigenvalue weighted by molar-refractivity contribution is -0.121. The Morgan fingerprint density at radius 3 is 1.72 bits per heavy atom. The summed E-state index contributed by atoms with van der Waals surface area (Å²) in [7, 11) is 0. The van der Waals surface area contributed by atoms with Gasteiger partial charge in [-0.2, -0.15) is 0 Å². The lowest BCUT2D eigenvalue weighted by atomic mass is 10.2. The highest BCUT2D eigenvalue weighted by Gasteiger charge is 2.16. The van der Waals surface area contributed by atoms with Crippen LogP contribution in [0.2, 0.25) is 0 Å². The largest absolute Gasteiger partial charge is 0.303 e. The van der Waals surface area contributed by atoms with E-state index in [2.05, 4.69) is 0 Å². The molecule has 0 N–H and O–H groups in total. The number of nitrogens with zero attached hydrogens (tertiary/aromatic N) is 1. The Bertz CT molecular complexity index is 483. The molecule has 0 fully saturated rings. The second-order valence-corrected chi connectivity index (χ2v) is 3.77. The van der Waals surface area contributed by atoms with Crippen molar-refractivity contribution < 1.29 is 9.59 Å². The van der Waals surface area contributed by atoms with Crippen LogP contribution < -0.4 is 4.90 Å². The standard InChI is InChI=1S/C15H13NO2/c17-12-11-15(18)16(13-7-3-1-4-8-13)14-9-5-2-6-10-14/h1-10,12H,11H2. The number of anilines is 2. The first-order chi connectivity index (χ1) is 8.83. The van der Waals surface area contributed by atoms with Crippen molar-refractivity contribution in [1.29, 1.82) is 0 Å². The molecule has 0 saturated carbocycles. The maximum atomic E-state index is 12.0. The molecule has 0 aliphatic rings. The molecule has 2 aromatic carbocycles. The summed E-state index contributed by atoms with van der Waals surface area (Å²) in [5, 5.41) is 0. The lowest BCUT2D eigenvalue weighted by Crippen LogP contribution is -2.25. The van der Waals surface area contributed by atoms with Gasteiger partial charge in [-0.3, -0.25) is 9.69 Å². The molecule has 0 radical (unpaired) electrons. The number of carbonyl (C=O) groups excluding carboxylic acids is 2. The van der Waals surface area contributed by atoms with Crippen molar-refractivity contribution in [2.24, 2.45) is 0 Å². The van der Waals surface area contributed by atoms with Crippen molar-refractivity contribution >= 4 is 23.6 Å². The first-order valence-electron chi connectivity index (χ1n) is 5.69. The fourth-order valence-corrected chi connectivity index (χ4v) is 1.75. The molecule has 18 heavy (non-hydrogen) atoms. The first-order valence-corrected chi connectivity index (χ1v) is 5.69. The summed E-state index contributed by atoms with van der Waals surface area (Å²) in [6.45, 7) is 0. The summed E-state index contributed by atoms with van der Waals surface area (Å²) in [6, 6.07) is 18.6. The van der Waals surface area contributed by atoms with Crippen LogP contribution in [0.3, 0.4) is 0 Å². The molecule has 0 unspecified atom stereocenters. The highest BCUT2D eigenvalue weighted by molar-refractivity contribution is 6.05. The van der Waals surface area contributed by atoms with Crippen LogP contribution in [0.4, 0.5) is 11.4 Å². The van der Waals surface area contributed by atoms with Crippen molar-refractivity contribution in [2.45, 2.75) is 6.42 Å². The molecule has 0 heterocycles. The van der Waals surface area contributed by atoms with Gasteiger partial charge in [0.1, 0.15) is 6.29 Å². The van der Waals surface area contributed by atoms with Gasteiger partial charge in [0.25, 0.3) is 0 Å². The third-order valence-electron chi connectivity index (χ3n) is 2.54. The van der Waals surface area contributed by atoms with Gasteiger partial charge in [-0.05, 0) is 24.3 Å². The summed E-state index contributed by atoms with van der Waals surface area (Å²) in [4.78, 5) is 24.1. The Morgan fingerprint density at radius 1 is 0.889 bits per heavy atom. The van der Waals surface area contributed by atoms with Crippen LogP contribution in [-0.2, 0) is 9.59 Å². The first kappa shape index (κ1) is 12.0. The highest BCUT2D eigenvalue weighted by atomic mass is 16.2. The molecule has 1 amide bonds. The Hall–Kier alpha value is -2.42. The molecule has 3 nitrogen and oxygen atoms in total. The van der Waals surface area contributed by atoms with Gasteiger partial charge in [0.05, 0.1) is 6.42 Å². The second kappa shape index (κ2) is 5.77. The van der Waals surface area contributed by atoms with Crippen LogP contribution in [0.15, 0.2) is 60.7 Å². The fraction of sp³-hybridized carbons (Fsp3) is 0.0667. The molecular formula is C15H13NO2. The van der Waals surface area contributed by atoms with E-state index in [1.165, 1.54) is 0 Å². The molecule has 0 aromatic heterocycles. The average molecular weight is 239 g/mol. The lowest BCUT2D eigenvalue weighted by Gasteiger charge is -2.22. The number of para-hydroxylation sites is 2. The number of amides is 1. The van der Waals surface area contributed by atoms with E-state index in [-0.39, 0.29) is 12.3 Å². The van der Waals surface area contributed by atoms with Crippen LogP contribution >= 0.6 is 0 Å². The summed E-state index contributed by atoms with van der Waals surface area (Å²) in [5.74, 6) is -0.234. The Morgan fingerprint density at radius 2 is 1.33 bits per heavy atom. The molecular weight excluding hydrogens is 226 g/mol. The Labute approximate surface area is 106 Å². The van der Waals surface area contributed by atoms with Crippen molar-refractivity contribution in [3.63, 3.8) is 0 Å². The third kappa shape index (κ3) is 2.63. The van der Waals surface area contributed by atoms with Crippen LogP contribution in [0.1, 0.15) is 6.42 Å².